The third kappa shape index (κ3) is 3.07. The summed E-state index contributed by atoms with van der Waals surface area (Å²) < 4.78 is 0. The second-order valence-corrected chi connectivity index (χ2v) is 6.25. The molecule has 2 aromatic rings. The lowest BCUT2D eigenvalue weighted by Crippen LogP contribution is -2.13. The minimum atomic E-state index is -0.543. The lowest BCUT2D eigenvalue weighted by molar-refractivity contribution is 0.155. The van der Waals surface area contributed by atoms with E-state index in [9.17, 15) is 5.11 Å². The van der Waals surface area contributed by atoms with Crippen LogP contribution in [-0.4, -0.2) is 5.11 Å². The maximum atomic E-state index is 10.5. The Morgan fingerprint density at radius 3 is 2.86 bits per heavy atom. The van der Waals surface area contributed by atoms with Crippen molar-refractivity contribution in [1.82, 2.24) is 0 Å². The summed E-state index contributed by atoms with van der Waals surface area (Å²) in [5.74, 6) is 0.403. The topological polar surface area (TPSA) is 46.2 Å². The van der Waals surface area contributed by atoms with Crippen LogP contribution >= 0.6 is 11.6 Å². The van der Waals surface area contributed by atoms with E-state index in [2.05, 4.69) is 24.3 Å². The van der Waals surface area contributed by atoms with E-state index >= 15 is 0 Å². The van der Waals surface area contributed by atoms with E-state index in [0.717, 1.165) is 18.4 Å². The Kier molecular flexibility index (Phi) is 4.18. The highest BCUT2D eigenvalue weighted by Crippen LogP contribution is 2.38. The SMILES string of the molecule is Nc1cc(Cl)ccc1C(O)CC1CCCc2ccccc21. The van der Waals surface area contributed by atoms with Crippen LogP contribution in [0.1, 0.15) is 48.0 Å². The third-order valence-corrected chi connectivity index (χ3v) is 4.64. The van der Waals surface area contributed by atoms with Crippen LogP contribution in [0.5, 0.6) is 0 Å². The van der Waals surface area contributed by atoms with Crippen molar-refractivity contribution in [2.75, 3.05) is 5.73 Å². The zero-order chi connectivity index (χ0) is 14.8. The van der Waals surface area contributed by atoms with E-state index in [1.807, 2.05) is 6.07 Å². The van der Waals surface area contributed by atoms with Gasteiger partial charge in [-0.25, -0.2) is 0 Å². The number of halogens is 1. The molecule has 0 amide bonds. The highest BCUT2D eigenvalue weighted by atomic mass is 35.5. The molecule has 0 radical (unpaired) electrons. The van der Waals surface area contributed by atoms with Crippen molar-refractivity contribution in [3.05, 3.63) is 64.2 Å². The molecule has 2 nitrogen and oxygen atoms in total. The lowest BCUT2D eigenvalue weighted by Gasteiger charge is -2.27. The molecule has 110 valence electrons. The molecule has 2 atom stereocenters. The highest BCUT2D eigenvalue weighted by molar-refractivity contribution is 6.30. The maximum absolute atomic E-state index is 10.5. The van der Waals surface area contributed by atoms with Gasteiger partial charge in [0.25, 0.3) is 0 Å². The number of fused-ring (bicyclic) bond motifs is 1. The average molecular weight is 302 g/mol. The standard InChI is InChI=1S/C18H20ClNO/c19-14-8-9-16(17(20)11-14)18(21)10-13-6-3-5-12-4-1-2-7-15(12)13/h1-2,4,7-9,11,13,18,21H,3,5-6,10,20H2. The Morgan fingerprint density at radius 2 is 2.05 bits per heavy atom. The van der Waals surface area contributed by atoms with Crippen molar-refractivity contribution in [3.63, 3.8) is 0 Å². The van der Waals surface area contributed by atoms with Gasteiger partial charge in [0.1, 0.15) is 0 Å². The number of aliphatic hydroxyl groups is 1. The fourth-order valence-electron chi connectivity index (χ4n) is 3.34. The first-order valence-electron chi connectivity index (χ1n) is 7.46. The first kappa shape index (κ1) is 14.4. The monoisotopic (exact) mass is 301 g/mol. The van der Waals surface area contributed by atoms with Crippen molar-refractivity contribution >= 4 is 17.3 Å². The molecule has 21 heavy (non-hydrogen) atoms. The van der Waals surface area contributed by atoms with Gasteiger partial charge < -0.3 is 10.8 Å². The second kappa shape index (κ2) is 6.08. The van der Waals surface area contributed by atoms with E-state index in [4.69, 9.17) is 17.3 Å². The summed E-state index contributed by atoms with van der Waals surface area (Å²) >= 11 is 5.92. The minimum absolute atomic E-state index is 0.403. The molecular formula is C18H20ClNO. The first-order valence-corrected chi connectivity index (χ1v) is 7.83. The number of rotatable bonds is 3. The third-order valence-electron chi connectivity index (χ3n) is 4.41. The molecule has 0 saturated heterocycles. The van der Waals surface area contributed by atoms with Crippen LogP contribution in [0, 0.1) is 0 Å². The molecule has 0 aromatic heterocycles. The van der Waals surface area contributed by atoms with Crippen LogP contribution in [0.2, 0.25) is 5.02 Å². The molecule has 0 spiro atoms. The number of nitrogen functional groups attached to an aromatic ring is 1. The van der Waals surface area contributed by atoms with Gasteiger partial charge in [0, 0.05) is 16.3 Å². The van der Waals surface area contributed by atoms with Gasteiger partial charge in [0.15, 0.2) is 0 Å². The molecule has 1 aliphatic rings. The van der Waals surface area contributed by atoms with Crippen molar-refractivity contribution in [2.24, 2.45) is 0 Å². The minimum Gasteiger partial charge on any atom is -0.398 e. The summed E-state index contributed by atoms with van der Waals surface area (Å²) in [6.45, 7) is 0. The van der Waals surface area contributed by atoms with Gasteiger partial charge in [-0.15, -0.1) is 0 Å². The maximum Gasteiger partial charge on any atom is 0.0815 e. The molecule has 3 N–H and O–H groups in total. The van der Waals surface area contributed by atoms with Crippen LogP contribution in [0.25, 0.3) is 0 Å². The first-order chi connectivity index (χ1) is 10.1. The molecule has 0 fully saturated rings. The predicted molar refractivity (Wildman–Crippen MR) is 87.6 cm³/mol. The van der Waals surface area contributed by atoms with E-state index in [0.29, 0.717) is 23.0 Å². The average Bonchev–Trinajstić information content (AvgIpc) is 2.47. The smallest absolute Gasteiger partial charge is 0.0815 e. The summed E-state index contributed by atoms with van der Waals surface area (Å²) in [7, 11) is 0. The number of benzene rings is 2. The molecule has 0 heterocycles. The molecule has 1 aliphatic carbocycles. The summed E-state index contributed by atoms with van der Waals surface area (Å²) in [5, 5.41) is 11.2. The Hall–Kier alpha value is -1.51. The second-order valence-electron chi connectivity index (χ2n) is 5.81. The van der Waals surface area contributed by atoms with Gasteiger partial charge in [0.05, 0.1) is 6.10 Å². The number of hydrogen-bond donors (Lipinski definition) is 2. The van der Waals surface area contributed by atoms with Gasteiger partial charge in [0.2, 0.25) is 0 Å². The van der Waals surface area contributed by atoms with Crippen LogP contribution in [-0.2, 0) is 6.42 Å². The Labute approximate surface area is 130 Å². The van der Waals surface area contributed by atoms with Crippen LogP contribution in [0.4, 0.5) is 5.69 Å². The van der Waals surface area contributed by atoms with Crippen LogP contribution in [0.3, 0.4) is 0 Å². The van der Waals surface area contributed by atoms with Gasteiger partial charge in [-0.3, -0.25) is 0 Å². The molecule has 3 heteroatoms. The van der Waals surface area contributed by atoms with Crippen molar-refractivity contribution in [2.45, 2.75) is 37.7 Å². The molecule has 3 rings (SSSR count). The zero-order valence-electron chi connectivity index (χ0n) is 11.9. The molecule has 0 bridgehead atoms. The highest BCUT2D eigenvalue weighted by Gasteiger charge is 2.23. The van der Waals surface area contributed by atoms with Crippen molar-refractivity contribution < 1.29 is 5.11 Å². The Balaban J connectivity index is 1.81. The van der Waals surface area contributed by atoms with Crippen LogP contribution < -0.4 is 5.73 Å². The van der Waals surface area contributed by atoms with Gasteiger partial charge in [-0.05, 0) is 54.9 Å². The quantitative estimate of drug-likeness (QED) is 0.822. The van der Waals surface area contributed by atoms with Crippen molar-refractivity contribution in [1.29, 1.82) is 0 Å². The lowest BCUT2D eigenvalue weighted by atomic mass is 9.79. The Morgan fingerprint density at radius 1 is 1.24 bits per heavy atom. The zero-order valence-corrected chi connectivity index (χ0v) is 12.7. The summed E-state index contributed by atoms with van der Waals surface area (Å²) in [6.07, 6.45) is 3.62. The summed E-state index contributed by atoms with van der Waals surface area (Å²) in [6, 6.07) is 13.9. The number of aryl methyl sites for hydroxylation is 1. The molecular weight excluding hydrogens is 282 g/mol. The molecule has 0 saturated carbocycles. The van der Waals surface area contributed by atoms with E-state index in [-0.39, 0.29) is 0 Å². The fraction of sp³-hybridized carbons (Fsp3) is 0.333. The predicted octanol–water partition coefficient (Wildman–Crippen LogP) is 4.47. The van der Waals surface area contributed by atoms with Gasteiger partial charge >= 0.3 is 0 Å². The number of anilines is 1. The van der Waals surface area contributed by atoms with E-state index in [1.54, 1.807) is 12.1 Å². The normalized spacial score (nSPS) is 19.0. The van der Waals surface area contributed by atoms with E-state index < -0.39 is 6.10 Å². The van der Waals surface area contributed by atoms with Crippen molar-refractivity contribution in [3.8, 4) is 0 Å². The van der Waals surface area contributed by atoms with Gasteiger partial charge in [-0.1, -0.05) is 41.9 Å². The largest absolute Gasteiger partial charge is 0.398 e. The molecule has 2 unspecified atom stereocenters. The number of hydrogen-bond acceptors (Lipinski definition) is 2. The molecule has 2 aromatic carbocycles. The number of nitrogens with two attached hydrogens (primary N) is 1. The Bertz CT molecular complexity index is 641. The molecule has 0 aliphatic heterocycles. The van der Waals surface area contributed by atoms with Crippen LogP contribution in [0.15, 0.2) is 42.5 Å². The fourth-order valence-corrected chi connectivity index (χ4v) is 3.53. The van der Waals surface area contributed by atoms with E-state index in [1.165, 1.54) is 17.5 Å². The summed E-state index contributed by atoms with van der Waals surface area (Å²) in [5.41, 5.74) is 10.1. The number of aliphatic hydroxyl groups excluding tert-OH is 1. The summed E-state index contributed by atoms with van der Waals surface area (Å²) in [4.78, 5) is 0. The van der Waals surface area contributed by atoms with Gasteiger partial charge in [-0.2, -0.15) is 0 Å².